The number of anilines is 2. The van der Waals surface area contributed by atoms with Crippen molar-refractivity contribution in [1.29, 1.82) is 0 Å². The van der Waals surface area contributed by atoms with Crippen LogP contribution in [0.3, 0.4) is 0 Å². The van der Waals surface area contributed by atoms with Gasteiger partial charge in [0.2, 0.25) is 0 Å². The number of rotatable bonds is 9. The summed E-state index contributed by atoms with van der Waals surface area (Å²) in [6.45, 7) is 8.50. The Kier molecular flexibility index (Phi) is 7.80. The standard InChI is InChI=1S/C20H27N3O4S/c1-12(2)8-9-21-20-23-16(11-28-20)19(25)27-14(4)18(24)22-15-10-13(3)6-7-17(15)26-5/h6-7,10-12,14H,8-9H2,1-5H3,(H,21,23)(H,22,24)/t14-/m1/s1. The van der Waals surface area contributed by atoms with Crippen LogP contribution in [-0.4, -0.2) is 36.6 Å². The Morgan fingerprint density at radius 2 is 2.00 bits per heavy atom. The molecule has 2 N–H and O–H groups in total. The first-order valence-corrected chi connectivity index (χ1v) is 10.0. The van der Waals surface area contributed by atoms with Gasteiger partial charge in [-0.2, -0.15) is 0 Å². The Hall–Kier alpha value is -2.61. The summed E-state index contributed by atoms with van der Waals surface area (Å²) >= 11 is 1.33. The van der Waals surface area contributed by atoms with Gasteiger partial charge in [-0.1, -0.05) is 19.9 Å². The van der Waals surface area contributed by atoms with E-state index in [1.807, 2.05) is 13.0 Å². The van der Waals surface area contributed by atoms with Gasteiger partial charge in [-0.3, -0.25) is 4.79 Å². The molecule has 0 radical (unpaired) electrons. The molecular formula is C20H27N3O4S. The summed E-state index contributed by atoms with van der Waals surface area (Å²) in [6, 6.07) is 5.44. The third-order valence-electron chi connectivity index (χ3n) is 3.98. The van der Waals surface area contributed by atoms with Crippen molar-refractivity contribution in [2.45, 2.75) is 40.2 Å². The van der Waals surface area contributed by atoms with Crippen molar-refractivity contribution in [3.63, 3.8) is 0 Å². The SMILES string of the molecule is COc1ccc(C)cc1NC(=O)[C@@H](C)OC(=O)c1csc(NCCC(C)C)n1. The second-order valence-corrected chi connectivity index (χ2v) is 7.75. The molecule has 8 heteroatoms. The first-order chi connectivity index (χ1) is 13.3. The zero-order chi connectivity index (χ0) is 20.7. The Bertz CT molecular complexity index is 820. The Labute approximate surface area is 169 Å². The Balaban J connectivity index is 1.92. The predicted molar refractivity (Wildman–Crippen MR) is 111 cm³/mol. The number of methoxy groups -OCH3 is 1. The summed E-state index contributed by atoms with van der Waals surface area (Å²) in [4.78, 5) is 28.9. The molecule has 0 bridgehead atoms. The summed E-state index contributed by atoms with van der Waals surface area (Å²) < 4.78 is 10.5. The van der Waals surface area contributed by atoms with E-state index in [1.165, 1.54) is 25.4 Å². The van der Waals surface area contributed by atoms with Crippen molar-refractivity contribution >= 4 is 34.0 Å². The largest absolute Gasteiger partial charge is 0.495 e. The van der Waals surface area contributed by atoms with Gasteiger partial charge in [-0.05, 0) is 43.9 Å². The van der Waals surface area contributed by atoms with Crippen LogP contribution in [0.25, 0.3) is 0 Å². The number of nitrogens with zero attached hydrogens (tertiary/aromatic N) is 1. The maximum atomic E-state index is 12.4. The average Bonchev–Trinajstić information content (AvgIpc) is 3.10. The minimum absolute atomic E-state index is 0.185. The maximum absolute atomic E-state index is 12.4. The zero-order valence-electron chi connectivity index (χ0n) is 16.9. The fourth-order valence-electron chi connectivity index (χ4n) is 2.34. The normalized spacial score (nSPS) is 11.8. The number of carbonyl (C=O) groups is 2. The van der Waals surface area contributed by atoms with Gasteiger partial charge in [0.1, 0.15) is 5.75 Å². The molecule has 28 heavy (non-hydrogen) atoms. The number of hydrogen-bond donors (Lipinski definition) is 2. The van der Waals surface area contributed by atoms with E-state index in [2.05, 4.69) is 29.5 Å². The monoisotopic (exact) mass is 405 g/mol. The lowest BCUT2D eigenvalue weighted by atomic mass is 10.1. The molecular weight excluding hydrogens is 378 g/mol. The molecule has 0 saturated carbocycles. The molecule has 0 spiro atoms. The number of esters is 1. The van der Waals surface area contributed by atoms with E-state index in [1.54, 1.807) is 17.5 Å². The molecule has 0 fully saturated rings. The summed E-state index contributed by atoms with van der Waals surface area (Å²) in [5.74, 6) is 0.0483. The van der Waals surface area contributed by atoms with Crippen LogP contribution in [-0.2, 0) is 9.53 Å². The highest BCUT2D eigenvalue weighted by Crippen LogP contribution is 2.25. The number of nitrogens with one attached hydrogen (secondary N) is 2. The molecule has 2 rings (SSSR count). The lowest BCUT2D eigenvalue weighted by Gasteiger charge is -2.15. The first-order valence-electron chi connectivity index (χ1n) is 9.16. The van der Waals surface area contributed by atoms with Crippen LogP contribution in [0, 0.1) is 12.8 Å². The highest BCUT2D eigenvalue weighted by Gasteiger charge is 2.22. The van der Waals surface area contributed by atoms with Gasteiger partial charge in [0.25, 0.3) is 5.91 Å². The quantitative estimate of drug-likeness (QED) is 0.611. The van der Waals surface area contributed by atoms with Crippen molar-refractivity contribution < 1.29 is 19.1 Å². The maximum Gasteiger partial charge on any atom is 0.358 e. The van der Waals surface area contributed by atoms with E-state index in [9.17, 15) is 9.59 Å². The molecule has 1 heterocycles. The fraction of sp³-hybridized carbons (Fsp3) is 0.450. The third-order valence-corrected chi connectivity index (χ3v) is 4.78. The topological polar surface area (TPSA) is 89.5 Å². The third kappa shape index (κ3) is 6.23. The number of benzene rings is 1. The van der Waals surface area contributed by atoms with Crippen molar-refractivity contribution in [2.75, 3.05) is 24.3 Å². The molecule has 1 aromatic heterocycles. The van der Waals surface area contributed by atoms with Gasteiger partial charge >= 0.3 is 5.97 Å². The van der Waals surface area contributed by atoms with Gasteiger partial charge in [0.05, 0.1) is 12.8 Å². The van der Waals surface area contributed by atoms with Gasteiger partial charge in [-0.25, -0.2) is 9.78 Å². The average molecular weight is 406 g/mol. The molecule has 0 unspecified atom stereocenters. The number of carbonyl (C=O) groups excluding carboxylic acids is 2. The van der Waals surface area contributed by atoms with E-state index < -0.39 is 18.0 Å². The Morgan fingerprint density at radius 3 is 2.68 bits per heavy atom. The molecule has 0 aliphatic carbocycles. The molecule has 0 saturated heterocycles. The molecule has 2 aromatic rings. The minimum Gasteiger partial charge on any atom is -0.495 e. The predicted octanol–water partition coefficient (Wildman–Crippen LogP) is 4.10. The van der Waals surface area contributed by atoms with Crippen LogP contribution in [0.1, 0.15) is 43.2 Å². The number of amides is 1. The summed E-state index contributed by atoms with van der Waals surface area (Å²) in [6.07, 6.45) is 0.0377. The number of ether oxygens (including phenoxy) is 2. The van der Waals surface area contributed by atoms with Crippen molar-refractivity contribution in [3.05, 3.63) is 34.8 Å². The fourth-order valence-corrected chi connectivity index (χ4v) is 3.05. The smallest absolute Gasteiger partial charge is 0.358 e. The van der Waals surface area contributed by atoms with Crippen molar-refractivity contribution in [2.24, 2.45) is 5.92 Å². The van der Waals surface area contributed by atoms with Crippen LogP contribution in [0.15, 0.2) is 23.6 Å². The molecule has 1 atom stereocenters. The summed E-state index contributed by atoms with van der Waals surface area (Å²) in [7, 11) is 1.53. The first kappa shape index (κ1) is 21.7. The van der Waals surface area contributed by atoms with Crippen LogP contribution in [0.2, 0.25) is 0 Å². The molecule has 7 nitrogen and oxygen atoms in total. The van der Waals surface area contributed by atoms with E-state index >= 15 is 0 Å². The molecule has 1 amide bonds. The van der Waals surface area contributed by atoms with Gasteiger partial charge in [0.15, 0.2) is 16.9 Å². The van der Waals surface area contributed by atoms with Gasteiger partial charge in [0, 0.05) is 11.9 Å². The van der Waals surface area contributed by atoms with E-state index in [0.29, 0.717) is 22.5 Å². The minimum atomic E-state index is -0.975. The molecule has 1 aromatic carbocycles. The van der Waals surface area contributed by atoms with Crippen LogP contribution in [0.5, 0.6) is 5.75 Å². The van der Waals surface area contributed by atoms with Crippen molar-refractivity contribution in [1.82, 2.24) is 4.98 Å². The summed E-state index contributed by atoms with van der Waals surface area (Å²) in [5, 5.41) is 8.20. The van der Waals surface area contributed by atoms with E-state index in [-0.39, 0.29) is 5.69 Å². The molecule has 0 aliphatic heterocycles. The Morgan fingerprint density at radius 1 is 1.25 bits per heavy atom. The highest BCUT2D eigenvalue weighted by atomic mass is 32.1. The van der Waals surface area contributed by atoms with Crippen molar-refractivity contribution in [3.8, 4) is 5.75 Å². The molecule has 152 valence electrons. The lowest BCUT2D eigenvalue weighted by Crippen LogP contribution is -2.30. The van der Waals surface area contributed by atoms with E-state index in [0.717, 1.165) is 18.5 Å². The van der Waals surface area contributed by atoms with Gasteiger partial charge < -0.3 is 20.1 Å². The number of aromatic nitrogens is 1. The second-order valence-electron chi connectivity index (χ2n) is 6.89. The number of aryl methyl sites for hydroxylation is 1. The van der Waals surface area contributed by atoms with Crippen LogP contribution < -0.4 is 15.4 Å². The van der Waals surface area contributed by atoms with Crippen LogP contribution >= 0.6 is 11.3 Å². The van der Waals surface area contributed by atoms with Gasteiger partial charge in [-0.15, -0.1) is 11.3 Å². The number of thiazole rings is 1. The molecule has 0 aliphatic rings. The van der Waals surface area contributed by atoms with Crippen LogP contribution in [0.4, 0.5) is 10.8 Å². The summed E-state index contributed by atoms with van der Waals surface area (Å²) in [5.41, 5.74) is 1.69. The highest BCUT2D eigenvalue weighted by molar-refractivity contribution is 7.13. The number of hydrogen-bond acceptors (Lipinski definition) is 7. The lowest BCUT2D eigenvalue weighted by molar-refractivity contribution is -0.123. The zero-order valence-corrected chi connectivity index (χ0v) is 17.7. The van der Waals surface area contributed by atoms with E-state index in [4.69, 9.17) is 9.47 Å². The second kappa shape index (κ2) is 10.1.